The lowest BCUT2D eigenvalue weighted by Crippen LogP contribution is -2.18. The summed E-state index contributed by atoms with van der Waals surface area (Å²) in [4.78, 5) is 3.78. The second kappa shape index (κ2) is 5.96. The van der Waals surface area contributed by atoms with Gasteiger partial charge in [-0.05, 0) is 43.2 Å². The molecule has 0 spiro atoms. The zero-order valence-electron chi connectivity index (χ0n) is 10.0. The third-order valence-corrected chi connectivity index (χ3v) is 3.09. The molecule has 0 amide bonds. The zero-order chi connectivity index (χ0) is 13.0. The molecule has 1 atom stereocenters. The average molecular weight is 309 g/mol. The van der Waals surface area contributed by atoms with E-state index in [0.29, 0.717) is 5.82 Å². The van der Waals surface area contributed by atoms with Crippen LogP contribution in [0.1, 0.15) is 12.5 Å². The van der Waals surface area contributed by atoms with Crippen molar-refractivity contribution in [1.82, 2.24) is 4.98 Å². The number of rotatable bonds is 4. The number of benzene rings is 1. The van der Waals surface area contributed by atoms with E-state index in [2.05, 4.69) is 45.3 Å². The van der Waals surface area contributed by atoms with Gasteiger partial charge in [0.05, 0.1) is 0 Å². The number of halogens is 2. The Balaban J connectivity index is 1.96. The lowest BCUT2D eigenvalue weighted by atomic mass is 10.1. The second-order valence-corrected chi connectivity index (χ2v) is 5.14. The molecule has 0 fully saturated rings. The summed E-state index contributed by atoms with van der Waals surface area (Å²) in [6, 6.07) is 13.1. The summed E-state index contributed by atoms with van der Waals surface area (Å²) in [7, 11) is 0. The van der Waals surface area contributed by atoms with Gasteiger partial charge in [-0.3, -0.25) is 0 Å². The van der Waals surface area contributed by atoms with E-state index in [0.717, 1.165) is 10.9 Å². The van der Waals surface area contributed by atoms with Crippen molar-refractivity contribution in [2.45, 2.75) is 19.4 Å². The van der Waals surface area contributed by atoms with Crippen LogP contribution in [0.25, 0.3) is 0 Å². The van der Waals surface area contributed by atoms with Crippen LogP contribution in [0.5, 0.6) is 0 Å². The van der Waals surface area contributed by atoms with Gasteiger partial charge in [-0.25, -0.2) is 4.98 Å². The SMILES string of the molecule is CC(Cc1ccc(Br)cc1)Nc1cccc(F)n1. The largest absolute Gasteiger partial charge is 0.367 e. The first kappa shape index (κ1) is 13.0. The summed E-state index contributed by atoms with van der Waals surface area (Å²) in [5.41, 5.74) is 1.23. The molecule has 1 heterocycles. The highest BCUT2D eigenvalue weighted by molar-refractivity contribution is 9.10. The Kier molecular flexibility index (Phi) is 4.31. The third-order valence-electron chi connectivity index (χ3n) is 2.56. The molecule has 1 aromatic heterocycles. The highest BCUT2D eigenvalue weighted by atomic mass is 79.9. The number of hydrogen-bond donors (Lipinski definition) is 1. The van der Waals surface area contributed by atoms with E-state index < -0.39 is 5.95 Å². The van der Waals surface area contributed by atoms with Crippen LogP contribution in [0.2, 0.25) is 0 Å². The maximum atomic E-state index is 12.9. The lowest BCUT2D eigenvalue weighted by molar-refractivity contribution is 0.584. The molecule has 94 valence electrons. The molecule has 4 heteroatoms. The predicted molar refractivity (Wildman–Crippen MR) is 75.1 cm³/mol. The summed E-state index contributed by atoms with van der Waals surface area (Å²) < 4.78 is 14.0. The Labute approximate surface area is 114 Å². The standard InChI is InChI=1S/C14H14BrFN2/c1-10(9-11-5-7-12(15)8-6-11)17-14-4-2-3-13(16)18-14/h2-8,10H,9H2,1H3,(H,17,18). The molecule has 1 aromatic carbocycles. The van der Waals surface area contributed by atoms with E-state index in [9.17, 15) is 4.39 Å². The molecule has 1 N–H and O–H groups in total. The molecular formula is C14H14BrFN2. The van der Waals surface area contributed by atoms with Gasteiger partial charge in [0.2, 0.25) is 5.95 Å². The van der Waals surface area contributed by atoms with Gasteiger partial charge >= 0.3 is 0 Å². The quantitative estimate of drug-likeness (QED) is 0.863. The fourth-order valence-electron chi connectivity index (χ4n) is 1.77. The Hall–Kier alpha value is -1.42. The number of pyridine rings is 1. The van der Waals surface area contributed by atoms with Crippen molar-refractivity contribution in [2.75, 3.05) is 5.32 Å². The number of anilines is 1. The van der Waals surface area contributed by atoms with Crippen molar-refractivity contribution < 1.29 is 4.39 Å². The fraction of sp³-hybridized carbons (Fsp3) is 0.214. The summed E-state index contributed by atoms with van der Waals surface area (Å²) in [6.07, 6.45) is 0.867. The topological polar surface area (TPSA) is 24.9 Å². The first-order valence-electron chi connectivity index (χ1n) is 5.77. The molecule has 2 rings (SSSR count). The van der Waals surface area contributed by atoms with Crippen molar-refractivity contribution in [3.8, 4) is 0 Å². The zero-order valence-corrected chi connectivity index (χ0v) is 11.6. The molecule has 2 aromatic rings. The Morgan fingerprint density at radius 2 is 1.94 bits per heavy atom. The van der Waals surface area contributed by atoms with Crippen molar-refractivity contribution in [3.05, 3.63) is 58.4 Å². The average Bonchev–Trinajstić information content (AvgIpc) is 2.32. The van der Waals surface area contributed by atoms with Gasteiger partial charge in [0.25, 0.3) is 0 Å². The molecule has 0 saturated carbocycles. The predicted octanol–water partition coefficient (Wildman–Crippen LogP) is 4.03. The Morgan fingerprint density at radius 3 is 2.61 bits per heavy atom. The molecular weight excluding hydrogens is 295 g/mol. The van der Waals surface area contributed by atoms with E-state index in [1.807, 2.05) is 12.1 Å². The molecule has 0 saturated heterocycles. The van der Waals surface area contributed by atoms with Crippen LogP contribution in [0.3, 0.4) is 0 Å². The molecule has 0 aliphatic rings. The van der Waals surface area contributed by atoms with E-state index in [4.69, 9.17) is 0 Å². The molecule has 1 unspecified atom stereocenters. The molecule has 2 nitrogen and oxygen atoms in total. The van der Waals surface area contributed by atoms with Gasteiger partial charge in [-0.1, -0.05) is 34.1 Å². The summed E-state index contributed by atoms with van der Waals surface area (Å²) in [5.74, 6) is 0.107. The first-order chi connectivity index (χ1) is 8.63. The van der Waals surface area contributed by atoms with Crippen LogP contribution >= 0.6 is 15.9 Å². The number of nitrogens with zero attached hydrogens (tertiary/aromatic N) is 1. The van der Waals surface area contributed by atoms with Crippen LogP contribution in [0, 0.1) is 5.95 Å². The van der Waals surface area contributed by atoms with Crippen molar-refractivity contribution in [1.29, 1.82) is 0 Å². The first-order valence-corrected chi connectivity index (χ1v) is 6.56. The van der Waals surface area contributed by atoms with Gasteiger partial charge in [0.15, 0.2) is 0 Å². The summed E-state index contributed by atoms with van der Waals surface area (Å²) in [6.45, 7) is 2.05. The van der Waals surface area contributed by atoms with Crippen LogP contribution in [-0.4, -0.2) is 11.0 Å². The lowest BCUT2D eigenvalue weighted by Gasteiger charge is -2.14. The van der Waals surface area contributed by atoms with E-state index in [-0.39, 0.29) is 6.04 Å². The Morgan fingerprint density at radius 1 is 1.22 bits per heavy atom. The minimum Gasteiger partial charge on any atom is -0.367 e. The molecule has 0 aliphatic heterocycles. The molecule has 0 bridgehead atoms. The Bertz CT molecular complexity index is 513. The van der Waals surface area contributed by atoms with Gasteiger partial charge in [0.1, 0.15) is 5.82 Å². The van der Waals surface area contributed by atoms with E-state index in [1.165, 1.54) is 11.6 Å². The highest BCUT2D eigenvalue weighted by Gasteiger charge is 2.05. The van der Waals surface area contributed by atoms with Crippen LogP contribution in [-0.2, 0) is 6.42 Å². The van der Waals surface area contributed by atoms with Crippen LogP contribution in [0.15, 0.2) is 46.9 Å². The summed E-state index contributed by atoms with van der Waals surface area (Å²) in [5, 5.41) is 3.18. The van der Waals surface area contributed by atoms with Crippen molar-refractivity contribution in [3.63, 3.8) is 0 Å². The van der Waals surface area contributed by atoms with Crippen molar-refractivity contribution >= 4 is 21.7 Å². The molecule has 18 heavy (non-hydrogen) atoms. The highest BCUT2D eigenvalue weighted by Crippen LogP contribution is 2.13. The number of hydrogen-bond acceptors (Lipinski definition) is 2. The fourth-order valence-corrected chi connectivity index (χ4v) is 2.03. The second-order valence-electron chi connectivity index (χ2n) is 4.22. The number of nitrogens with one attached hydrogen (secondary N) is 1. The maximum absolute atomic E-state index is 12.9. The van der Waals surface area contributed by atoms with Gasteiger partial charge in [-0.2, -0.15) is 4.39 Å². The van der Waals surface area contributed by atoms with Crippen LogP contribution in [0.4, 0.5) is 10.2 Å². The van der Waals surface area contributed by atoms with Gasteiger partial charge in [0, 0.05) is 10.5 Å². The molecule has 0 radical (unpaired) electrons. The van der Waals surface area contributed by atoms with Gasteiger partial charge in [-0.15, -0.1) is 0 Å². The summed E-state index contributed by atoms with van der Waals surface area (Å²) >= 11 is 3.41. The van der Waals surface area contributed by atoms with E-state index >= 15 is 0 Å². The maximum Gasteiger partial charge on any atom is 0.214 e. The third kappa shape index (κ3) is 3.81. The normalized spacial score (nSPS) is 12.2. The molecule has 0 aliphatic carbocycles. The smallest absolute Gasteiger partial charge is 0.214 e. The van der Waals surface area contributed by atoms with Gasteiger partial charge < -0.3 is 5.32 Å². The monoisotopic (exact) mass is 308 g/mol. The van der Waals surface area contributed by atoms with E-state index in [1.54, 1.807) is 12.1 Å². The van der Waals surface area contributed by atoms with Crippen molar-refractivity contribution in [2.24, 2.45) is 0 Å². The van der Waals surface area contributed by atoms with Crippen LogP contribution < -0.4 is 5.32 Å². The minimum absolute atomic E-state index is 0.195. The number of aromatic nitrogens is 1. The minimum atomic E-state index is -0.462.